The fourth-order valence-corrected chi connectivity index (χ4v) is 3.59. The lowest BCUT2D eigenvalue weighted by Gasteiger charge is -2.26. The Kier molecular flexibility index (Phi) is 6.28. The van der Waals surface area contributed by atoms with Crippen LogP contribution in [0.5, 0.6) is 0 Å². The van der Waals surface area contributed by atoms with Gasteiger partial charge in [0.1, 0.15) is 11.6 Å². The van der Waals surface area contributed by atoms with Crippen LogP contribution >= 0.6 is 0 Å². The molecule has 0 aliphatic carbocycles. The first-order valence-corrected chi connectivity index (χ1v) is 10.2. The molecule has 0 saturated carbocycles. The van der Waals surface area contributed by atoms with E-state index >= 15 is 0 Å². The van der Waals surface area contributed by atoms with Crippen LogP contribution < -0.4 is 15.5 Å². The number of rotatable bonds is 6. The van der Waals surface area contributed by atoms with E-state index in [2.05, 4.69) is 30.7 Å². The Labute approximate surface area is 178 Å². The average molecular weight is 428 g/mol. The molecule has 0 spiro atoms. The minimum absolute atomic E-state index is 0.339. The number of amides is 2. The van der Waals surface area contributed by atoms with Crippen LogP contribution in [0.2, 0.25) is 0 Å². The van der Waals surface area contributed by atoms with Crippen LogP contribution in [0.4, 0.5) is 20.8 Å². The van der Waals surface area contributed by atoms with Crippen LogP contribution in [0.15, 0.2) is 36.5 Å². The minimum atomic E-state index is -0.824. The molecule has 1 fully saturated rings. The lowest BCUT2D eigenvalue weighted by atomic mass is 10.00. The topological polar surface area (TPSA) is 115 Å². The van der Waals surface area contributed by atoms with Gasteiger partial charge in [-0.05, 0) is 24.1 Å². The zero-order valence-corrected chi connectivity index (χ0v) is 17.1. The fraction of sp³-hybridized carbons (Fsp3) is 0.381. The number of benzene rings is 1. The van der Waals surface area contributed by atoms with Gasteiger partial charge in [0.15, 0.2) is 5.82 Å². The van der Waals surface area contributed by atoms with Crippen molar-refractivity contribution in [1.82, 2.24) is 20.5 Å². The van der Waals surface area contributed by atoms with Crippen molar-refractivity contribution in [1.29, 1.82) is 0 Å². The number of H-pyrrole nitrogens is 1. The van der Waals surface area contributed by atoms with Crippen molar-refractivity contribution in [2.24, 2.45) is 0 Å². The maximum atomic E-state index is 13.2. The van der Waals surface area contributed by atoms with Crippen LogP contribution in [-0.4, -0.2) is 58.7 Å². The molecule has 164 valence electrons. The first kappa shape index (κ1) is 21.0. The SMILES string of the molecule is CCC(O)C(NC(=O)Nc1cc2[nH]nc(N3CCOCC3)c2cn1)c1ccc(F)cc1. The zero-order valence-electron chi connectivity index (χ0n) is 17.1. The third kappa shape index (κ3) is 4.75. The number of pyridine rings is 1. The predicted molar refractivity (Wildman–Crippen MR) is 115 cm³/mol. The summed E-state index contributed by atoms with van der Waals surface area (Å²) in [7, 11) is 0. The monoisotopic (exact) mass is 428 g/mol. The highest BCUT2D eigenvalue weighted by Gasteiger charge is 2.23. The number of ether oxygens (including phenoxy) is 1. The maximum Gasteiger partial charge on any atom is 0.320 e. The standard InChI is InChI=1S/C21H25FN6O3/c1-2-17(29)19(13-3-5-14(22)6-4-13)25-21(30)24-18-11-16-15(12-23-18)20(27-26-16)28-7-9-31-10-8-28/h3-6,11-12,17,19,29H,2,7-10H2,1H3,(H,26,27)(H2,23,24,25,30). The van der Waals surface area contributed by atoms with Gasteiger partial charge in [0.05, 0.1) is 36.3 Å². The lowest BCUT2D eigenvalue weighted by molar-refractivity contribution is 0.122. The summed E-state index contributed by atoms with van der Waals surface area (Å²) in [6.45, 7) is 4.63. The Bertz CT molecular complexity index is 1040. The van der Waals surface area contributed by atoms with E-state index in [1.54, 1.807) is 31.3 Å². The molecular weight excluding hydrogens is 403 g/mol. The second-order valence-corrected chi connectivity index (χ2v) is 7.37. The molecule has 2 unspecified atom stereocenters. The number of hydrogen-bond donors (Lipinski definition) is 4. The number of urea groups is 1. The Morgan fingerprint density at radius 1 is 1.32 bits per heavy atom. The van der Waals surface area contributed by atoms with E-state index in [-0.39, 0.29) is 5.82 Å². The van der Waals surface area contributed by atoms with Crippen LogP contribution in [0.25, 0.3) is 10.9 Å². The van der Waals surface area contributed by atoms with E-state index < -0.39 is 18.2 Å². The van der Waals surface area contributed by atoms with Crippen LogP contribution in [0, 0.1) is 5.82 Å². The molecule has 31 heavy (non-hydrogen) atoms. The lowest BCUT2D eigenvalue weighted by Crippen LogP contribution is -2.38. The van der Waals surface area contributed by atoms with E-state index in [1.165, 1.54) is 12.1 Å². The summed E-state index contributed by atoms with van der Waals surface area (Å²) >= 11 is 0. The van der Waals surface area contributed by atoms with E-state index in [9.17, 15) is 14.3 Å². The largest absolute Gasteiger partial charge is 0.391 e. The number of fused-ring (bicyclic) bond motifs is 1. The van der Waals surface area contributed by atoms with Crippen molar-refractivity contribution in [3.8, 4) is 0 Å². The van der Waals surface area contributed by atoms with Crippen molar-refractivity contribution in [3.05, 3.63) is 47.9 Å². The predicted octanol–water partition coefficient (Wildman–Crippen LogP) is 2.57. The first-order chi connectivity index (χ1) is 15.0. The summed E-state index contributed by atoms with van der Waals surface area (Å²) in [4.78, 5) is 19.0. The highest BCUT2D eigenvalue weighted by molar-refractivity contribution is 5.94. The molecule has 2 atom stereocenters. The van der Waals surface area contributed by atoms with E-state index in [0.717, 1.165) is 29.8 Å². The molecule has 4 N–H and O–H groups in total. The second-order valence-electron chi connectivity index (χ2n) is 7.37. The number of aromatic amines is 1. The van der Waals surface area contributed by atoms with E-state index in [4.69, 9.17) is 4.74 Å². The van der Waals surface area contributed by atoms with E-state index in [1.807, 2.05) is 0 Å². The molecule has 3 heterocycles. The molecule has 1 aliphatic heterocycles. The number of carbonyl (C=O) groups is 1. The smallest absolute Gasteiger partial charge is 0.320 e. The quantitative estimate of drug-likeness (QED) is 0.480. The van der Waals surface area contributed by atoms with Crippen LogP contribution in [-0.2, 0) is 4.74 Å². The Morgan fingerprint density at radius 2 is 2.06 bits per heavy atom. The van der Waals surface area contributed by atoms with Gasteiger partial charge in [0, 0.05) is 25.4 Å². The summed E-state index contributed by atoms with van der Waals surface area (Å²) in [5, 5.41) is 24.0. The van der Waals surface area contributed by atoms with Crippen molar-refractivity contribution >= 4 is 28.6 Å². The summed E-state index contributed by atoms with van der Waals surface area (Å²) < 4.78 is 18.6. The van der Waals surface area contributed by atoms with E-state index in [0.29, 0.717) is 31.0 Å². The van der Waals surface area contributed by atoms with Gasteiger partial charge in [-0.2, -0.15) is 5.10 Å². The molecule has 4 rings (SSSR count). The van der Waals surface area contributed by atoms with Gasteiger partial charge < -0.3 is 20.1 Å². The third-order valence-corrected chi connectivity index (χ3v) is 5.30. The molecule has 9 nitrogen and oxygen atoms in total. The summed E-state index contributed by atoms with van der Waals surface area (Å²) in [5.41, 5.74) is 1.36. The molecule has 0 bridgehead atoms. The van der Waals surface area contributed by atoms with Crippen molar-refractivity contribution in [2.45, 2.75) is 25.5 Å². The van der Waals surface area contributed by atoms with Gasteiger partial charge in [-0.1, -0.05) is 19.1 Å². The molecule has 10 heteroatoms. The Hall–Kier alpha value is -3.24. The van der Waals surface area contributed by atoms with Gasteiger partial charge in [0.25, 0.3) is 0 Å². The number of morpholine rings is 1. The number of aliphatic hydroxyl groups is 1. The Balaban J connectivity index is 1.47. The number of aromatic nitrogens is 3. The van der Waals surface area contributed by atoms with Gasteiger partial charge in [0.2, 0.25) is 0 Å². The number of halogens is 1. The van der Waals surface area contributed by atoms with Crippen molar-refractivity contribution < 1.29 is 19.0 Å². The number of carbonyl (C=O) groups excluding carboxylic acids is 1. The normalized spacial score (nSPS) is 16.2. The average Bonchev–Trinajstić information content (AvgIpc) is 3.21. The molecule has 3 aromatic rings. The van der Waals surface area contributed by atoms with Gasteiger partial charge in [-0.25, -0.2) is 14.2 Å². The highest BCUT2D eigenvalue weighted by atomic mass is 19.1. The molecule has 2 aromatic heterocycles. The summed E-state index contributed by atoms with van der Waals surface area (Å²) in [6, 6.07) is 6.17. The molecule has 1 aliphatic rings. The number of nitrogens with one attached hydrogen (secondary N) is 3. The van der Waals surface area contributed by atoms with Crippen molar-refractivity contribution in [2.75, 3.05) is 36.5 Å². The number of nitrogens with zero attached hydrogens (tertiary/aromatic N) is 3. The molecule has 1 aromatic carbocycles. The molecule has 0 radical (unpaired) electrons. The van der Waals surface area contributed by atoms with Gasteiger partial charge in [-0.3, -0.25) is 10.4 Å². The minimum Gasteiger partial charge on any atom is -0.391 e. The van der Waals surface area contributed by atoms with Crippen LogP contribution in [0.3, 0.4) is 0 Å². The molecular formula is C21H25FN6O3. The zero-order chi connectivity index (χ0) is 21.8. The summed E-state index contributed by atoms with van der Waals surface area (Å²) in [5.74, 6) is 0.765. The van der Waals surface area contributed by atoms with Gasteiger partial charge in [-0.15, -0.1) is 0 Å². The fourth-order valence-electron chi connectivity index (χ4n) is 3.59. The van der Waals surface area contributed by atoms with Gasteiger partial charge >= 0.3 is 6.03 Å². The Morgan fingerprint density at radius 3 is 2.77 bits per heavy atom. The molecule has 2 amide bonds. The number of hydrogen-bond acceptors (Lipinski definition) is 6. The highest BCUT2D eigenvalue weighted by Crippen LogP contribution is 2.26. The van der Waals surface area contributed by atoms with Crippen LogP contribution in [0.1, 0.15) is 24.9 Å². The first-order valence-electron chi connectivity index (χ1n) is 10.2. The maximum absolute atomic E-state index is 13.2. The van der Waals surface area contributed by atoms with Crippen molar-refractivity contribution in [3.63, 3.8) is 0 Å². The third-order valence-electron chi connectivity index (χ3n) is 5.30. The molecule has 1 saturated heterocycles. The second kappa shape index (κ2) is 9.27. The number of anilines is 2. The summed E-state index contributed by atoms with van der Waals surface area (Å²) in [6.07, 6.45) is 1.26. The number of aliphatic hydroxyl groups excluding tert-OH is 1.